The van der Waals surface area contributed by atoms with Crippen LogP contribution in [-0.4, -0.2) is 61.1 Å². The molecule has 1 saturated heterocycles. The fraction of sp³-hybridized carbons (Fsp3) is 0.381. The molecule has 0 bridgehead atoms. The molecular formula is C21H24N8S. The first kappa shape index (κ1) is 19.1. The molecule has 1 fully saturated rings. The summed E-state index contributed by atoms with van der Waals surface area (Å²) in [4.78, 5) is 13.9. The summed E-state index contributed by atoms with van der Waals surface area (Å²) in [7, 11) is 0. The summed E-state index contributed by atoms with van der Waals surface area (Å²) in [6, 6.07) is 8.79. The lowest BCUT2D eigenvalue weighted by Crippen LogP contribution is -2.46. The van der Waals surface area contributed by atoms with Crippen molar-refractivity contribution in [3.8, 4) is 10.6 Å². The number of tetrazole rings is 1. The topological polar surface area (TPSA) is 75.3 Å². The first-order valence-electron chi connectivity index (χ1n) is 10.2. The average molecular weight is 421 g/mol. The Morgan fingerprint density at radius 3 is 2.60 bits per heavy atom. The molecule has 0 spiro atoms. The minimum absolute atomic E-state index is 0.549. The molecule has 30 heavy (non-hydrogen) atoms. The Bertz CT molecular complexity index is 1130. The van der Waals surface area contributed by atoms with Gasteiger partial charge in [0.05, 0.1) is 18.1 Å². The Labute approximate surface area is 179 Å². The second-order valence-electron chi connectivity index (χ2n) is 7.90. The highest BCUT2D eigenvalue weighted by atomic mass is 32.1. The highest BCUT2D eigenvalue weighted by Gasteiger charge is 2.21. The van der Waals surface area contributed by atoms with Crippen molar-refractivity contribution in [3.05, 3.63) is 53.3 Å². The largest absolute Gasteiger partial charge is 0.353 e. The lowest BCUT2D eigenvalue weighted by atomic mass is 10.0. The number of rotatable bonds is 5. The van der Waals surface area contributed by atoms with Crippen LogP contribution >= 0.6 is 11.3 Å². The van der Waals surface area contributed by atoms with Gasteiger partial charge in [0.1, 0.15) is 5.01 Å². The van der Waals surface area contributed by atoms with Crippen molar-refractivity contribution in [1.29, 1.82) is 0 Å². The van der Waals surface area contributed by atoms with Crippen LogP contribution in [0.25, 0.3) is 16.2 Å². The summed E-state index contributed by atoms with van der Waals surface area (Å²) in [5.41, 5.74) is 4.37. The molecule has 1 aromatic carbocycles. The maximum atomic E-state index is 4.88. The summed E-state index contributed by atoms with van der Waals surface area (Å²) in [6.07, 6.45) is 3.51. The molecule has 0 saturated carbocycles. The number of anilines is 1. The monoisotopic (exact) mass is 420 g/mol. The van der Waals surface area contributed by atoms with Crippen molar-refractivity contribution in [2.24, 2.45) is 0 Å². The van der Waals surface area contributed by atoms with Crippen LogP contribution in [0.5, 0.6) is 0 Å². The molecule has 5 rings (SSSR count). The molecule has 0 aliphatic carbocycles. The van der Waals surface area contributed by atoms with Gasteiger partial charge in [0.25, 0.3) is 0 Å². The predicted octanol–water partition coefficient (Wildman–Crippen LogP) is 3.09. The molecule has 1 aliphatic heterocycles. The molecule has 9 heteroatoms. The van der Waals surface area contributed by atoms with E-state index in [0.717, 1.165) is 49.2 Å². The van der Waals surface area contributed by atoms with E-state index in [4.69, 9.17) is 4.98 Å². The number of nitrogens with zero attached hydrogens (tertiary/aromatic N) is 8. The van der Waals surface area contributed by atoms with Gasteiger partial charge >= 0.3 is 0 Å². The molecule has 0 unspecified atom stereocenters. The highest BCUT2D eigenvalue weighted by Crippen LogP contribution is 2.26. The molecule has 0 atom stereocenters. The van der Waals surface area contributed by atoms with Crippen LogP contribution < -0.4 is 4.90 Å². The first-order chi connectivity index (χ1) is 14.7. The van der Waals surface area contributed by atoms with Gasteiger partial charge in [0, 0.05) is 43.7 Å². The van der Waals surface area contributed by atoms with Crippen LogP contribution in [0.4, 0.5) is 5.82 Å². The Morgan fingerprint density at radius 2 is 1.83 bits per heavy atom. The number of aromatic nitrogens is 6. The van der Waals surface area contributed by atoms with Crippen molar-refractivity contribution in [2.45, 2.75) is 26.3 Å². The van der Waals surface area contributed by atoms with E-state index < -0.39 is 0 Å². The quantitative estimate of drug-likeness (QED) is 0.491. The maximum absolute atomic E-state index is 4.88. The van der Waals surface area contributed by atoms with E-state index in [-0.39, 0.29) is 0 Å². The van der Waals surface area contributed by atoms with Gasteiger partial charge in [0.15, 0.2) is 11.5 Å². The van der Waals surface area contributed by atoms with Gasteiger partial charge in [-0.25, -0.2) is 4.98 Å². The zero-order valence-corrected chi connectivity index (χ0v) is 18.0. The zero-order valence-electron chi connectivity index (χ0n) is 17.1. The number of hydrogen-bond acceptors (Lipinski definition) is 8. The van der Waals surface area contributed by atoms with Crippen LogP contribution in [0.2, 0.25) is 0 Å². The molecule has 3 aromatic heterocycles. The van der Waals surface area contributed by atoms with E-state index >= 15 is 0 Å². The molecule has 0 N–H and O–H groups in total. The van der Waals surface area contributed by atoms with E-state index in [9.17, 15) is 0 Å². The Kier molecular flexibility index (Phi) is 5.14. The molecule has 8 nitrogen and oxygen atoms in total. The molecule has 4 aromatic rings. The standard InChI is InChI=1S/C21H24N8S/c1-15(2)16-3-5-17(6-4-16)21-23-18(14-30-21)13-27-7-9-28(10-8-27)20-12-22-11-19-24-25-26-29(19)20/h3-6,11-12,14-15H,7-10,13H2,1-2H3. The van der Waals surface area contributed by atoms with Crippen molar-refractivity contribution in [2.75, 3.05) is 31.1 Å². The number of piperazine rings is 1. The van der Waals surface area contributed by atoms with E-state index in [1.807, 2.05) is 6.20 Å². The Balaban J connectivity index is 1.21. The molecule has 4 heterocycles. The van der Waals surface area contributed by atoms with Crippen LogP contribution in [0.3, 0.4) is 0 Å². The summed E-state index contributed by atoms with van der Waals surface area (Å²) in [5, 5.41) is 15.1. The third-order valence-corrected chi connectivity index (χ3v) is 6.49. The van der Waals surface area contributed by atoms with Crippen molar-refractivity contribution in [3.63, 3.8) is 0 Å². The van der Waals surface area contributed by atoms with E-state index in [0.29, 0.717) is 11.6 Å². The van der Waals surface area contributed by atoms with Gasteiger partial charge in [-0.05, 0) is 21.9 Å². The van der Waals surface area contributed by atoms with E-state index in [1.54, 1.807) is 22.0 Å². The van der Waals surface area contributed by atoms with Gasteiger partial charge < -0.3 is 4.90 Å². The van der Waals surface area contributed by atoms with Gasteiger partial charge in [-0.1, -0.05) is 38.1 Å². The van der Waals surface area contributed by atoms with Crippen molar-refractivity contribution >= 4 is 22.8 Å². The number of thiazole rings is 1. The van der Waals surface area contributed by atoms with Crippen LogP contribution in [0.1, 0.15) is 31.0 Å². The number of fused-ring (bicyclic) bond motifs is 1. The van der Waals surface area contributed by atoms with Crippen LogP contribution in [-0.2, 0) is 6.54 Å². The fourth-order valence-electron chi connectivity index (χ4n) is 3.77. The van der Waals surface area contributed by atoms with E-state index in [2.05, 4.69) is 73.8 Å². The van der Waals surface area contributed by atoms with Crippen molar-refractivity contribution < 1.29 is 0 Å². The minimum atomic E-state index is 0.549. The predicted molar refractivity (Wildman–Crippen MR) is 118 cm³/mol. The maximum Gasteiger partial charge on any atom is 0.199 e. The Hall–Kier alpha value is -2.91. The SMILES string of the molecule is CC(C)c1ccc(-c2nc(CN3CCN(c4cncc5nnnn45)CC3)cs2)cc1. The van der Waals surface area contributed by atoms with Gasteiger partial charge in [-0.15, -0.1) is 16.4 Å². The van der Waals surface area contributed by atoms with Crippen LogP contribution in [0.15, 0.2) is 42.0 Å². The summed E-state index contributed by atoms with van der Waals surface area (Å²) in [5.74, 6) is 1.49. The molecule has 0 amide bonds. The smallest absolute Gasteiger partial charge is 0.199 e. The first-order valence-corrected chi connectivity index (χ1v) is 11.1. The number of benzene rings is 1. The highest BCUT2D eigenvalue weighted by molar-refractivity contribution is 7.13. The minimum Gasteiger partial charge on any atom is -0.353 e. The Morgan fingerprint density at radius 1 is 1.03 bits per heavy atom. The second-order valence-corrected chi connectivity index (χ2v) is 8.76. The third kappa shape index (κ3) is 3.78. The fourth-order valence-corrected chi connectivity index (χ4v) is 4.58. The molecule has 154 valence electrons. The molecule has 0 radical (unpaired) electrons. The van der Waals surface area contributed by atoms with Gasteiger partial charge in [-0.3, -0.25) is 9.88 Å². The summed E-state index contributed by atoms with van der Waals surface area (Å²) >= 11 is 1.72. The molecule has 1 aliphatic rings. The van der Waals surface area contributed by atoms with Crippen LogP contribution in [0, 0.1) is 0 Å². The summed E-state index contributed by atoms with van der Waals surface area (Å²) in [6.45, 7) is 9.07. The zero-order chi connectivity index (χ0) is 20.5. The number of hydrogen-bond donors (Lipinski definition) is 0. The second kappa shape index (κ2) is 8.08. The average Bonchev–Trinajstić information content (AvgIpc) is 3.44. The van der Waals surface area contributed by atoms with Gasteiger partial charge in [-0.2, -0.15) is 4.52 Å². The summed E-state index contributed by atoms with van der Waals surface area (Å²) < 4.78 is 1.75. The van der Waals surface area contributed by atoms with Gasteiger partial charge in [0.2, 0.25) is 0 Å². The lowest BCUT2D eigenvalue weighted by molar-refractivity contribution is 0.246. The van der Waals surface area contributed by atoms with Crippen molar-refractivity contribution in [1.82, 2.24) is 34.9 Å². The molecular weight excluding hydrogens is 396 g/mol. The third-order valence-electron chi connectivity index (χ3n) is 5.55. The normalized spacial score (nSPS) is 15.4. The lowest BCUT2D eigenvalue weighted by Gasteiger charge is -2.35. The van der Waals surface area contributed by atoms with E-state index in [1.165, 1.54) is 11.1 Å².